The quantitative estimate of drug-likeness (QED) is 0.795. The van der Waals surface area contributed by atoms with Crippen LogP contribution < -0.4 is 4.90 Å². The molecule has 0 aliphatic carbocycles. The topological polar surface area (TPSA) is 23.6 Å². The zero-order valence-electron chi connectivity index (χ0n) is 11.8. The third-order valence-corrected chi connectivity index (χ3v) is 4.05. The van der Waals surface area contributed by atoms with Gasteiger partial charge in [-0.1, -0.05) is 11.6 Å². The summed E-state index contributed by atoms with van der Waals surface area (Å²) in [7, 11) is 0. The molecule has 1 aliphatic heterocycles. The van der Waals surface area contributed by atoms with E-state index in [1.54, 1.807) is 6.92 Å². The molecule has 0 atom stereocenters. The van der Waals surface area contributed by atoms with E-state index < -0.39 is 0 Å². The van der Waals surface area contributed by atoms with E-state index in [2.05, 4.69) is 23.6 Å². The lowest BCUT2D eigenvalue weighted by molar-refractivity contribution is 0.101. The van der Waals surface area contributed by atoms with Crippen LogP contribution in [0.15, 0.2) is 18.2 Å². The largest absolute Gasteiger partial charge is 0.369 e. The third-order valence-electron chi connectivity index (χ3n) is 3.74. The Morgan fingerprint density at radius 2 is 1.84 bits per heavy atom. The van der Waals surface area contributed by atoms with Gasteiger partial charge in [-0.3, -0.25) is 9.69 Å². The van der Waals surface area contributed by atoms with Crippen molar-refractivity contribution in [2.45, 2.75) is 26.8 Å². The fourth-order valence-electron chi connectivity index (χ4n) is 2.48. The Bertz CT molecular complexity index is 465. The summed E-state index contributed by atoms with van der Waals surface area (Å²) in [6.45, 7) is 10.2. The van der Waals surface area contributed by atoms with E-state index in [9.17, 15) is 4.79 Å². The number of nitrogens with zero attached hydrogens (tertiary/aromatic N) is 2. The second-order valence-electron chi connectivity index (χ2n) is 5.34. The second-order valence-corrected chi connectivity index (χ2v) is 5.74. The molecule has 2 rings (SSSR count). The Morgan fingerprint density at radius 1 is 1.21 bits per heavy atom. The van der Waals surface area contributed by atoms with Crippen LogP contribution in [-0.4, -0.2) is 42.9 Å². The van der Waals surface area contributed by atoms with Crippen LogP contribution in [0.4, 0.5) is 5.69 Å². The molecule has 1 saturated heterocycles. The van der Waals surface area contributed by atoms with Crippen LogP contribution >= 0.6 is 11.6 Å². The van der Waals surface area contributed by atoms with Gasteiger partial charge in [0.1, 0.15) is 0 Å². The molecule has 1 aromatic carbocycles. The van der Waals surface area contributed by atoms with E-state index in [0.717, 1.165) is 31.9 Å². The van der Waals surface area contributed by atoms with Gasteiger partial charge in [0.05, 0.1) is 5.02 Å². The Balaban J connectivity index is 2.08. The predicted molar refractivity (Wildman–Crippen MR) is 80.4 cm³/mol. The monoisotopic (exact) mass is 280 g/mol. The number of hydrogen-bond acceptors (Lipinski definition) is 3. The highest BCUT2D eigenvalue weighted by Crippen LogP contribution is 2.25. The molecular formula is C15H21ClN2O. The Morgan fingerprint density at radius 3 is 2.32 bits per heavy atom. The first kappa shape index (κ1) is 14.4. The van der Waals surface area contributed by atoms with Crippen molar-refractivity contribution in [3.8, 4) is 0 Å². The van der Waals surface area contributed by atoms with Gasteiger partial charge in [0.25, 0.3) is 0 Å². The first-order valence-corrected chi connectivity index (χ1v) is 7.16. The third kappa shape index (κ3) is 3.28. The average Bonchev–Trinajstić information content (AvgIpc) is 2.38. The molecule has 0 bridgehead atoms. The zero-order chi connectivity index (χ0) is 14.0. The highest BCUT2D eigenvalue weighted by atomic mass is 35.5. The minimum Gasteiger partial charge on any atom is -0.369 e. The molecule has 3 nitrogen and oxygen atoms in total. The number of piperazine rings is 1. The molecule has 1 aromatic rings. The number of hydrogen-bond donors (Lipinski definition) is 0. The summed E-state index contributed by atoms with van der Waals surface area (Å²) in [5, 5.41) is 0.552. The van der Waals surface area contributed by atoms with E-state index in [4.69, 9.17) is 11.6 Å². The van der Waals surface area contributed by atoms with Crippen molar-refractivity contribution in [3.63, 3.8) is 0 Å². The zero-order valence-corrected chi connectivity index (χ0v) is 12.6. The summed E-state index contributed by atoms with van der Waals surface area (Å²) < 4.78 is 0. The maximum absolute atomic E-state index is 11.4. The molecule has 0 aromatic heterocycles. The van der Waals surface area contributed by atoms with Crippen molar-refractivity contribution in [3.05, 3.63) is 28.8 Å². The van der Waals surface area contributed by atoms with Crippen molar-refractivity contribution in [1.29, 1.82) is 0 Å². The van der Waals surface area contributed by atoms with E-state index >= 15 is 0 Å². The van der Waals surface area contributed by atoms with Gasteiger partial charge in [-0.05, 0) is 39.0 Å². The highest BCUT2D eigenvalue weighted by Gasteiger charge is 2.19. The van der Waals surface area contributed by atoms with Crippen LogP contribution in [0.3, 0.4) is 0 Å². The van der Waals surface area contributed by atoms with Crippen molar-refractivity contribution in [2.24, 2.45) is 0 Å². The van der Waals surface area contributed by atoms with Gasteiger partial charge in [-0.2, -0.15) is 0 Å². The molecule has 1 fully saturated rings. The minimum atomic E-state index is 0.0150. The number of ketones is 1. The lowest BCUT2D eigenvalue weighted by Crippen LogP contribution is -2.48. The highest BCUT2D eigenvalue weighted by molar-refractivity contribution is 6.34. The fraction of sp³-hybridized carbons (Fsp3) is 0.533. The molecule has 0 saturated carbocycles. The molecule has 4 heteroatoms. The molecule has 0 N–H and O–H groups in total. The molecule has 19 heavy (non-hydrogen) atoms. The standard InChI is InChI=1S/C15H21ClN2O/c1-11(2)17-6-8-18(9-7-17)13-4-5-14(12(3)19)15(16)10-13/h4-5,10-11H,6-9H2,1-3H3. The Kier molecular flexibility index (Phi) is 4.48. The number of carbonyl (C=O) groups is 1. The number of rotatable bonds is 3. The van der Waals surface area contributed by atoms with Gasteiger partial charge in [0.2, 0.25) is 0 Å². The van der Waals surface area contributed by atoms with Crippen LogP contribution in [0, 0.1) is 0 Å². The summed E-state index contributed by atoms with van der Waals surface area (Å²) in [5.74, 6) is 0.0150. The SMILES string of the molecule is CC(=O)c1ccc(N2CCN(C(C)C)CC2)cc1Cl. The van der Waals surface area contributed by atoms with E-state index in [0.29, 0.717) is 16.6 Å². The lowest BCUT2D eigenvalue weighted by Gasteiger charge is -2.38. The van der Waals surface area contributed by atoms with E-state index in [1.165, 1.54) is 0 Å². The summed E-state index contributed by atoms with van der Waals surface area (Å²) in [5.41, 5.74) is 1.71. The average molecular weight is 281 g/mol. The van der Waals surface area contributed by atoms with Gasteiger partial charge in [-0.25, -0.2) is 0 Å². The normalized spacial score (nSPS) is 17.0. The Labute approximate surface area is 120 Å². The van der Waals surface area contributed by atoms with Crippen LogP contribution in [-0.2, 0) is 0 Å². The maximum Gasteiger partial charge on any atom is 0.161 e. The predicted octanol–water partition coefficient (Wildman–Crippen LogP) is 3.07. The number of carbonyl (C=O) groups excluding carboxylic acids is 1. The fourth-order valence-corrected chi connectivity index (χ4v) is 2.79. The first-order chi connectivity index (χ1) is 8.99. The molecule has 1 heterocycles. The smallest absolute Gasteiger partial charge is 0.161 e. The summed E-state index contributed by atoms with van der Waals surface area (Å²) in [6, 6.07) is 6.33. The molecule has 0 radical (unpaired) electrons. The van der Waals surface area contributed by atoms with E-state index in [-0.39, 0.29) is 5.78 Å². The van der Waals surface area contributed by atoms with Crippen molar-refractivity contribution in [1.82, 2.24) is 4.90 Å². The summed E-state index contributed by atoms with van der Waals surface area (Å²) in [4.78, 5) is 16.2. The number of halogens is 1. The lowest BCUT2D eigenvalue weighted by atomic mass is 10.1. The molecule has 1 aliphatic rings. The maximum atomic E-state index is 11.4. The Hall–Kier alpha value is -1.06. The first-order valence-electron chi connectivity index (χ1n) is 6.78. The van der Waals surface area contributed by atoms with Gasteiger partial charge < -0.3 is 4.90 Å². The minimum absolute atomic E-state index is 0.0150. The second kappa shape index (κ2) is 5.93. The van der Waals surface area contributed by atoms with Crippen molar-refractivity contribution in [2.75, 3.05) is 31.1 Å². The molecular weight excluding hydrogens is 260 g/mol. The molecule has 0 unspecified atom stereocenters. The number of benzene rings is 1. The van der Waals surface area contributed by atoms with Crippen LogP contribution in [0.25, 0.3) is 0 Å². The molecule has 0 spiro atoms. The van der Waals surface area contributed by atoms with Crippen molar-refractivity contribution < 1.29 is 4.79 Å². The van der Waals surface area contributed by atoms with Crippen LogP contribution in [0.1, 0.15) is 31.1 Å². The summed E-state index contributed by atoms with van der Waals surface area (Å²) >= 11 is 6.16. The summed E-state index contributed by atoms with van der Waals surface area (Å²) in [6.07, 6.45) is 0. The van der Waals surface area contributed by atoms with E-state index in [1.807, 2.05) is 18.2 Å². The molecule has 0 amide bonds. The van der Waals surface area contributed by atoms with Gasteiger partial charge >= 0.3 is 0 Å². The van der Waals surface area contributed by atoms with Gasteiger partial charge in [0.15, 0.2) is 5.78 Å². The van der Waals surface area contributed by atoms with Gasteiger partial charge in [0, 0.05) is 43.5 Å². The number of anilines is 1. The molecule has 104 valence electrons. The van der Waals surface area contributed by atoms with Crippen LogP contribution in [0.5, 0.6) is 0 Å². The van der Waals surface area contributed by atoms with Crippen molar-refractivity contribution >= 4 is 23.1 Å². The number of Topliss-reactive ketones (excluding diaryl/α,β-unsaturated/α-hetero) is 1. The van der Waals surface area contributed by atoms with Gasteiger partial charge in [-0.15, -0.1) is 0 Å². The van der Waals surface area contributed by atoms with Crippen LogP contribution in [0.2, 0.25) is 5.02 Å².